The standard InChI is InChI=1S/C15H21N3O2/c1-4-13-15(20)18(11(3)8-14(19)17-13)9-12-7-5-6-10(2)16-12/h5-7,11,13H,4,8-9H2,1-3H3,(H,17,19). The molecule has 2 amide bonds. The van der Waals surface area contributed by atoms with Crippen LogP contribution in [0, 0.1) is 6.92 Å². The zero-order valence-electron chi connectivity index (χ0n) is 12.2. The third-order valence-electron chi connectivity index (χ3n) is 3.62. The van der Waals surface area contributed by atoms with Gasteiger partial charge in [0.05, 0.1) is 12.2 Å². The molecule has 2 heterocycles. The normalized spacial score (nSPS) is 23.4. The summed E-state index contributed by atoms with van der Waals surface area (Å²) in [5.74, 6) is -0.0773. The highest BCUT2D eigenvalue weighted by Crippen LogP contribution is 2.16. The monoisotopic (exact) mass is 275 g/mol. The van der Waals surface area contributed by atoms with E-state index in [4.69, 9.17) is 0 Å². The summed E-state index contributed by atoms with van der Waals surface area (Å²) in [6, 6.07) is 5.25. The summed E-state index contributed by atoms with van der Waals surface area (Å²) in [4.78, 5) is 30.5. The molecule has 0 saturated carbocycles. The number of rotatable bonds is 3. The van der Waals surface area contributed by atoms with Crippen molar-refractivity contribution < 1.29 is 9.59 Å². The third-order valence-corrected chi connectivity index (χ3v) is 3.62. The molecule has 1 fully saturated rings. The van der Waals surface area contributed by atoms with Gasteiger partial charge in [0, 0.05) is 18.2 Å². The predicted molar refractivity (Wildman–Crippen MR) is 75.8 cm³/mol. The summed E-state index contributed by atoms with van der Waals surface area (Å²) >= 11 is 0. The molecule has 0 spiro atoms. The van der Waals surface area contributed by atoms with Gasteiger partial charge in [-0.2, -0.15) is 0 Å². The number of hydrogen-bond donors (Lipinski definition) is 1. The molecule has 5 nitrogen and oxygen atoms in total. The van der Waals surface area contributed by atoms with Gasteiger partial charge in [0.2, 0.25) is 11.8 Å². The van der Waals surface area contributed by atoms with Crippen LogP contribution in [0.25, 0.3) is 0 Å². The molecule has 108 valence electrons. The number of amides is 2. The zero-order valence-corrected chi connectivity index (χ0v) is 12.2. The Balaban J connectivity index is 2.22. The van der Waals surface area contributed by atoms with E-state index >= 15 is 0 Å². The van der Waals surface area contributed by atoms with E-state index in [0.717, 1.165) is 11.4 Å². The Morgan fingerprint density at radius 3 is 2.80 bits per heavy atom. The van der Waals surface area contributed by atoms with E-state index in [1.54, 1.807) is 4.90 Å². The molecule has 0 aliphatic carbocycles. The second-order valence-electron chi connectivity index (χ2n) is 5.32. The smallest absolute Gasteiger partial charge is 0.245 e. The largest absolute Gasteiger partial charge is 0.344 e. The lowest BCUT2D eigenvalue weighted by Gasteiger charge is -2.28. The van der Waals surface area contributed by atoms with E-state index in [1.165, 1.54) is 0 Å². The first-order chi connectivity index (χ1) is 9.51. The van der Waals surface area contributed by atoms with Crippen LogP contribution in [-0.2, 0) is 16.1 Å². The number of carbonyl (C=O) groups excluding carboxylic acids is 2. The second-order valence-corrected chi connectivity index (χ2v) is 5.32. The molecule has 1 aliphatic heterocycles. The minimum Gasteiger partial charge on any atom is -0.344 e. The van der Waals surface area contributed by atoms with E-state index in [2.05, 4.69) is 10.3 Å². The molecular weight excluding hydrogens is 254 g/mol. The first-order valence-electron chi connectivity index (χ1n) is 7.03. The van der Waals surface area contributed by atoms with Crippen molar-refractivity contribution in [1.82, 2.24) is 15.2 Å². The minimum atomic E-state index is -0.419. The Bertz CT molecular complexity index is 516. The van der Waals surface area contributed by atoms with Gasteiger partial charge in [-0.25, -0.2) is 0 Å². The van der Waals surface area contributed by atoms with Crippen LogP contribution in [0.3, 0.4) is 0 Å². The highest BCUT2D eigenvalue weighted by Gasteiger charge is 2.32. The summed E-state index contributed by atoms with van der Waals surface area (Å²) in [6.45, 7) is 6.19. The van der Waals surface area contributed by atoms with Gasteiger partial charge in [-0.3, -0.25) is 14.6 Å². The fraction of sp³-hybridized carbons (Fsp3) is 0.533. The third kappa shape index (κ3) is 3.15. The van der Waals surface area contributed by atoms with Gasteiger partial charge in [-0.15, -0.1) is 0 Å². The number of nitrogens with one attached hydrogen (secondary N) is 1. The van der Waals surface area contributed by atoms with Gasteiger partial charge in [0.1, 0.15) is 6.04 Å². The average molecular weight is 275 g/mol. The molecule has 1 aromatic rings. The fourth-order valence-corrected chi connectivity index (χ4v) is 2.48. The summed E-state index contributed by atoms with van der Waals surface area (Å²) < 4.78 is 0. The van der Waals surface area contributed by atoms with Crippen LogP contribution in [0.5, 0.6) is 0 Å². The van der Waals surface area contributed by atoms with Crippen molar-refractivity contribution in [2.75, 3.05) is 0 Å². The van der Waals surface area contributed by atoms with E-state index in [0.29, 0.717) is 19.4 Å². The van der Waals surface area contributed by atoms with Crippen LogP contribution in [-0.4, -0.2) is 33.8 Å². The Morgan fingerprint density at radius 1 is 1.40 bits per heavy atom. The van der Waals surface area contributed by atoms with Gasteiger partial charge in [-0.1, -0.05) is 13.0 Å². The molecule has 20 heavy (non-hydrogen) atoms. The zero-order chi connectivity index (χ0) is 14.7. The summed E-state index contributed by atoms with van der Waals surface area (Å²) in [6.07, 6.45) is 0.948. The molecule has 1 aromatic heterocycles. The predicted octanol–water partition coefficient (Wildman–Crippen LogP) is 1.41. The number of hydrogen-bond acceptors (Lipinski definition) is 3. The van der Waals surface area contributed by atoms with Crippen molar-refractivity contribution in [3.63, 3.8) is 0 Å². The van der Waals surface area contributed by atoms with Crippen molar-refractivity contribution >= 4 is 11.8 Å². The van der Waals surface area contributed by atoms with Gasteiger partial charge in [0.15, 0.2) is 0 Å². The van der Waals surface area contributed by atoms with Crippen LogP contribution in [0.1, 0.15) is 38.1 Å². The second kappa shape index (κ2) is 6.03. The van der Waals surface area contributed by atoms with Crippen LogP contribution >= 0.6 is 0 Å². The quantitative estimate of drug-likeness (QED) is 0.907. The lowest BCUT2D eigenvalue weighted by atomic mass is 10.1. The van der Waals surface area contributed by atoms with Crippen molar-refractivity contribution in [2.24, 2.45) is 0 Å². The minimum absolute atomic E-state index is 0.0193. The highest BCUT2D eigenvalue weighted by atomic mass is 16.2. The van der Waals surface area contributed by atoms with E-state index in [-0.39, 0.29) is 17.9 Å². The van der Waals surface area contributed by atoms with Crippen molar-refractivity contribution in [3.8, 4) is 0 Å². The molecule has 2 unspecified atom stereocenters. The molecule has 0 radical (unpaired) electrons. The first-order valence-corrected chi connectivity index (χ1v) is 7.03. The number of pyridine rings is 1. The molecule has 1 N–H and O–H groups in total. The average Bonchev–Trinajstić information content (AvgIpc) is 2.50. The number of nitrogens with zero attached hydrogens (tertiary/aromatic N) is 2. The fourth-order valence-electron chi connectivity index (χ4n) is 2.48. The SMILES string of the molecule is CCC1NC(=O)CC(C)N(Cc2cccc(C)n2)C1=O. The number of carbonyl (C=O) groups is 2. The summed E-state index contributed by atoms with van der Waals surface area (Å²) in [5, 5.41) is 2.79. The van der Waals surface area contributed by atoms with Crippen LogP contribution < -0.4 is 5.32 Å². The Labute approximate surface area is 119 Å². The van der Waals surface area contributed by atoms with E-state index in [1.807, 2.05) is 39.0 Å². The lowest BCUT2D eigenvalue weighted by molar-refractivity contribution is -0.135. The molecular formula is C15H21N3O2. The lowest BCUT2D eigenvalue weighted by Crippen LogP contribution is -2.45. The van der Waals surface area contributed by atoms with E-state index < -0.39 is 6.04 Å². The van der Waals surface area contributed by atoms with Crippen LogP contribution in [0.15, 0.2) is 18.2 Å². The van der Waals surface area contributed by atoms with Crippen LogP contribution in [0.4, 0.5) is 0 Å². The molecule has 2 atom stereocenters. The molecule has 1 saturated heterocycles. The maximum absolute atomic E-state index is 12.5. The molecule has 0 bridgehead atoms. The van der Waals surface area contributed by atoms with Crippen molar-refractivity contribution in [2.45, 2.75) is 52.2 Å². The Kier molecular flexibility index (Phi) is 4.37. The Morgan fingerprint density at radius 2 is 2.15 bits per heavy atom. The van der Waals surface area contributed by atoms with Gasteiger partial charge in [0.25, 0.3) is 0 Å². The number of aryl methyl sites for hydroxylation is 1. The molecule has 5 heteroatoms. The summed E-state index contributed by atoms with van der Waals surface area (Å²) in [7, 11) is 0. The van der Waals surface area contributed by atoms with Crippen molar-refractivity contribution in [1.29, 1.82) is 0 Å². The van der Waals surface area contributed by atoms with E-state index in [9.17, 15) is 9.59 Å². The molecule has 1 aliphatic rings. The van der Waals surface area contributed by atoms with Gasteiger partial charge < -0.3 is 10.2 Å². The molecule has 2 rings (SSSR count). The summed E-state index contributed by atoms with van der Waals surface area (Å²) in [5.41, 5.74) is 1.79. The van der Waals surface area contributed by atoms with Gasteiger partial charge >= 0.3 is 0 Å². The topological polar surface area (TPSA) is 62.3 Å². The maximum Gasteiger partial charge on any atom is 0.245 e. The van der Waals surface area contributed by atoms with Crippen LogP contribution in [0.2, 0.25) is 0 Å². The van der Waals surface area contributed by atoms with Crippen molar-refractivity contribution in [3.05, 3.63) is 29.6 Å². The first kappa shape index (κ1) is 14.5. The Hall–Kier alpha value is -1.91. The number of aromatic nitrogens is 1. The highest BCUT2D eigenvalue weighted by molar-refractivity contribution is 5.90. The van der Waals surface area contributed by atoms with Gasteiger partial charge in [-0.05, 0) is 32.4 Å². The maximum atomic E-state index is 12.5. The molecule has 0 aromatic carbocycles.